The van der Waals surface area contributed by atoms with Crippen molar-refractivity contribution in [3.05, 3.63) is 0 Å². The highest BCUT2D eigenvalue weighted by Crippen LogP contribution is 2.59. The summed E-state index contributed by atoms with van der Waals surface area (Å²) in [6.45, 7) is 7.47. The molecule has 1 heterocycles. The Kier molecular flexibility index (Phi) is 1.95. The third-order valence-corrected chi connectivity index (χ3v) is 4.44. The third-order valence-electron chi connectivity index (χ3n) is 4.44. The van der Waals surface area contributed by atoms with Crippen LogP contribution in [0.25, 0.3) is 0 Å². The zero-order chi connectivity index (χ0) is 8.77. The SMILES string of the molecule is CCC1CC2CN(C)CC12CC. The standard InChI is InChI=1S/C11H21N/c1-4-9-6-10-7-12(3)8-11(9,10)5-2/h9-10H,4-8H2,1-3H3. The van der Waals surface area contributed by atoms with Crippen molar-refractivity contribution in [1.82, 2.24) is 4.90 Å². The van der Waals surface area contributed by atoms with Crippen LogP contribution in [0.3, 0.4) is 0 Å². The molecule has 2 aliphatic rings. The zero-order valence-corrected chi connectivity index (χ0v) is 8.64. The Hall–Kier alpha value is -0.0400. The van der Waals surface area contributed by atoms with Gasteiger partial charge in [-0.25, -0.2) is 0 Å². The van der Waals surface area contributed by atoms with E-state index in [0.29, 0.717) is 0 Å². The fraction of sp³-hybridized carbons (Fsp3) is 1.00. The van der Waals surface area contributed by atoms with E-state index >= 15 is 0 Å². The second-order valence-electron chi connectivity index (χ2n) is 4.82. The van der Waals surface area contributed by atoms with Gasteiger partial charge < -0.3 is 4.90 Å². The lowest BCUT2D eigenvalue weighted by Gasteiger charge is -2.52. The largest absolute Gasteiger partial charge is 0.305 e. The molecule has 0 amide bonds. The number of hydrogen-bond donors (Lipinski definition) is 0. The van der Waals surface area contributed by atoms with Crippen molar-refractivity contribution in [3.63, 3.8) is 0 Å². The molecule has 0 bridgehead atoms. The molecule has 3 atom stereocenters. The van der Waals surface area contributed by atoms with E-state index in [2.05, 4.69) is 25.8 Å². The molecule has 0 spiro atoms. The summed E-state index contributed by atoms with van der Waals surface area (Å²) in [6.07, 6.45) is 4.31. The summed E-state index contributed by atoms with van der Waals surface area (Å²) in [7, 11) is 2.28. The highest BCUT2D eigenvalue weighted by atomic mass is 15.1. The first-order chi connectivity index (χ1) is 5.73. The smallest absolute Gasteiger partial charge is 0.00407 e. The summed E-state index contributed by atoms with van der Waals surface area (Å²) in [4.78, 5) is 2.53. The van der Waals surface area contributed by atoms with Gasteiger partial charge in [0, 0.05) is 13.1 Å². The molecule has 2 fully saturated rings. The zero-order valence-electron chi connectivity index (χ0n) is 8.64. The maximum absolute atomic E-state index is 2.53. The molecule has 2 rings (SSSR count). The molecular formula is C11H21N. The molecule has 0 aromatic rings. The molecule has 3 unspecified atom stereocenters. The second-order valence-corrected chi connectivity index (χ2v) is 4.82. The van der Waals surface area contributed by atoms with Crippen molar-refractivity contribution in [1.29, 1.82) is 0 Å². The van der Waals surface area contributed by atoms with Gasteiger partial charge >= 0.3 is 0 Å². The van der Waals surface area contributed by atoms with Gasteiger partial charge in [0.15, 0.2) is 0 Å². The van der Waals surface area contributed by atoms with Crippen LogP contribution in [-0.4, -0.2) is 25.0 Å². The summed E-state index contributed by atoms with van der Waals surface area (Å²) in [5.41, 5.74) is 0.740. The van der Waals surface area contributed by atoms with E-state index in [1.54, 1.807) is 0 Å². The molecule has 0 aromatic heterocycles. The molecule has 1 heteroatoms. The maximum atomic E-state index is 2.53. The van der Waals surface area contributed by atoms with E-state index < -0.39 is 0 Å². The molecule has 0 radical (unpaired) electrons. The molecule has 12 heavy (non-hydrogen) atoms. The highest BCUT2D eigenvalue weighted by Gasteiger charge is 2.56. The minimum atomic E-state index is 0.740. The molecule has 1 saturated heterocycles. The predicted octanol–water partition coefficient (Wildman–Crippen LogP) is 2.37. The Morgan fingerprint density at radius 2 is 2.17 bits per heavy atom. The van der Waals surface area contributed by atoms with Crippen LogP contribution >= 0.6 is 0 Å². The quantitative estimate of drug-likeness (QED) is 0.610. The van der Waals surface area contributed by atoms with Crippen LogP contribution in [-0.2, 0) is 0 Å². The van der Waals surface area contributed by atoms with Crippen molar-refractivity contribution in [2.24, 2.45) is 17.3 Å². The molecule has 0 aromatic carbocycles. The van der Waals surface area contributed by atoms with Crippen LogP contribution < -0.4 is 0 Å². The number of rotatable bonds is 2. The van der Waals surface area contributed by atoms with Gasteiger partial charge in [-0.2, -0.15) is 0 Å². The van der Waals surface area contributed by atoms with Gasteiger partial charge in [-0.1, -0.05) is 20.3 Å². The molecule has 1 aliphatic carbocycles. The monoisotopic (exact) mass is 167 g/mol. The molecule has 70 valence electrons. The number of nitrogens with zero attached hydrogens (tertiary/aromatic N) is 1. The van der Waals surface area contributed by atoms with E-state index in [9.17, 15) is 0 Å². The molecule has 1 saturated carbocycles. The molecule has 1 aliphatic heterocycles. The third kappa shape index (κ3) is 0.891. The number of likely N-dealkylation sites (tertiary alicyclic amines) is 1. The lowest BCUT2D eigenvalue weighted by molar-refractivity contribution is -0.0170. The molecule has 0 N–H and O–H groups in total. The summed E-state index contributed by atoms with van der Waals surface area (Å²) in [6, 6.07) is 0. The first kappa shape index (κ1) is 8.55. The van der Waals surface area contributed by atoms with Crippen LogP contribution in [0, 0.1) is 17.3 Å². The van der Waals surface area contributed by atoms with Crippen molar-refractivity contribution in [3.8, 4) is 0 Å². The minimum Gasteiger partial charge on any atom is -0.305 e. The fourth-order valence-corrected chi connectivity index (χ4v) is 3.71. The van der Waals surface area contributed by atoms with Gasteiger partial charge in [0.1, 0.15) is 0 Å². The maximum Gasteiger partial charge on any atom is 0.00407 e. The summed E-state index contributed by atoms with van der Waals surface area (Å²) in [5.74, 6) is 2.08. The van der Waals surface area contributed by atoms with Crippen LogP contribution in [0.15, 0.2) is 0 Å². The van der Waals surface area contributed by atoms with E-state index in [1.165, 1.54) is 32.4 Å². The Balaban J connectivity index is 2.12. The topological polar surface area (TPSA) is 3.24 Å². The van der Waals surface area contributed by atoms with Gasteiger partial charge in [-0.3, -0.25) is 0 Å². The van der Waals surface area contributed by atoms with E-state index in [-0.39, 0.29) is 0 Å². The van der Waals surface area contributed by atoms with Gasteiger partial charge in [-0.05, 0) is 37.1 Å². The van der Waals surface area contributed by atoms with Gasteiger partial charge in [-0.15, -0.1) is 0 Å². The summed E-state index contributed by atoms with van der Waals surface area (Å²) < 4.78 is 0. The first-order valence-electron chi connectivity index (χ1n) is 5.41. The normalized spacial score (nSPS) is 47.2. The van der Waals surface area contributed by atoms with Crippen LogP contribution in [0.1, 0.15) is 33.1 Å². The lowest BCUT2D eigenvalue weighted by atomic mass is 9.52. The Morgan fingerprint density at radius 3 is 2.67 bits per heavy atom. The Bertz CT molecular complexity index is 172. The minimum absolute atomic E-state index is 0.740. The first-order valence-corrected chi connectivity index (χ1v) is 5.41. The fourth-order valence-electron chi connectivity index (χ4n) is 3.71. The van der Waals surface area contributed by atoms with Crippen molar-refractivity contribution in [2.45, 2.75) is 33.1 Å². The van der Waals surface area contributed by atoms with Crippen molar-refractivity contribution >= 4 is 0 Å². The number of hydrogen-bond acceptors (Lipinski definition) is 1. The van der Waals surface area contributed by atoms with Gasteiger partial charge in [0.05, 0.1) is 0 Å². The average Bonchev–Trinajstić information content (AvgIpc) is 2.29. The average molecular weight is 167 g/mol. The van der Waals surface area contributed by atoms with Crippen LogP contribution in [0.5, 0.6) is 0 Å². The van der Waals surface area contributed by atoms with Gasteiger partial charge in [0.25, 0.3) is 0 Å². The lowest BCUT2D eigenvalue weighted by Crippen LogP contribution is -2.47. The highest BCUT2D eigenvalue weighted by molar-refractivity contribution is 5.07. The Morgan fingerprint density at radius 1 is 1.42 bits per heavy atom. The van der Waals surface area contributed by atoms with E-state index in [0.717, 1.165) is 17.3 Å². The summed E-state index contributed by atoms with van der Waals surface area (Å²) >= 11 is 0. The molecular weight excluding hydrogens is 146 g/mol. The summed E-state index contributed by atoms with van der Waals surface area (Å²) in [5, 5.41) is 0. The van der Waals surface area contributed by atoms with Crippen molar-refractivity contribution in [2.75, 3.05) is 20.1 Å². The van der Waals surface area contributed by atoms with E-state index in [1.807, 2.05) is 0 Å². The number of fused-ring (bicyclic) bond motifs is 1. The van der Waals surface area contributed by atoms with Crippen molar-refractivity contribution < 1.29 is 0 Å². The van der Waals surface area contributed by atoms with Crippen LogP contribution in [0.2, 0.25) is 0 Å². The second kappa shape index (κ2) is 2.73. The van der Waals surface area contributed by atoms with E-state index in [4.69, 9.17) is 0 Å². The van der Waals surface area contributed by atoms with Gasteiger partial charge in [0.2, 0.25) is 0 Å². The predicted molar refractivity (Wildman–Crippen MR) is 52.1 cm³/mol. The van der Waals surface area contributed by atoms with Crippen LogP contribution in [0.4, 0.5) is 0 Å². The Labute approximate surface area is 76.1 Å². The molecule has 1 nitrogen and oxygen atoms in total.